The van der Waals surface area contributed by atoms with E-state index in [0.717, 1.165) is 0 Å². The van der Waals surface area contributed by atoms with Gasteiger partial charge < -0.3 is 14.9 Å². The Morgan fingerprint density at radius 3 is 1.87 bits per heavy atom. The van der Waals surface area contributed by atoms with E-state index in [0.29, 0.717) is 6.42 Å². The molecule has 0 aliphatic carbocycles. The second-order valence-electron chi connectivity index (χ2n) is 4.35. The number of rotatable bonds is 6. The fourth-order valence-corrected chi connectivity index (χ4v) is 3.28. The van der Waals surface area contributed by atoms with Gasteiger partial charge in [-0.25, -0.2) is 0 Å². The van der Waals surface area contributed by atoms with E-state index in [2.05, 4.69) is 0 Å². The Labute approximate surface area is 91.3 Å². The zero-order valence-electron chi connectivity index (χ0n) is 9.04. The Hall–Kier alpha value is 0.0800. The van der Waals surface area contributed by atoms with Crippen molar-refractivity contribution in [3.05, 3.63) is 0 Å². The van der Waals surface area contributed by atoms with E-state index < -0.39 is 27.1 Å². The molecule has 15 heavy (non-hydrogen) atoms. The van der Waals surface area contributed by atoms with Gasteiger partial charge in [0.1, 0.15) is 0 Å². The molecule has 1 N–H and O–H groups in total. The summed E-state index contributed by atoms with van der Waals surface area (Å²) in [6.45, 7) is 5.20. The standard InChI is InChI=1S/C8H16O5P2/c1-6(2)4-8(3,9)5-7(14(10)11)15(12)13/h6-7,9H,4-5H2,1-3H3. The van der Waals surface area contributed by atoms with Gasteiger partial charge in [0.2, 0.25) is 0 Å². The van der Waals surface area contributed by atoms with Crippen LogP contribution in [0.2, 0.25) is 0 Å². The largest absolute Gasteiger partial charge is 0.592 e. The van der Waals surface area contributed by atoms with Crippen LogP contribution in [0.4, 0.5) is 0 Å². The second kappa shape index (κ2) is 5.97. The molecule has 0 aromatic carbocycles. The topological polar surface area (TPSA) is 100 Å². The molecule has 0 amide bonds. The molecule has 3 unspecified atom stereocenters. The summed E-state index contributed by atoms with van der Waals surface area (Å²) in [5.74, 6) is 0.176. The van der Waals surface area contributed by atoms with Gasteiger partial charge in [-0.1, -0.05) is 23.0 Å². The summed E-state index contributed by atoms with van der Waals surface area (Å²) in [6.07, 6.45) is 0.110. The van der Waals surface area contributed by atoms with Crippen LogP contribution in [-0.4, -0.2) is 16.1 Å². The van der Waals surface area contributed by atoms with Gasteiger partial charge in [0, 0.05) is 0 Å². The Bertz CT molecular complexity index is 237. The van der Waals surface area contributed by atoms with Crippen molar-refractivity contribution in [1.29, 1.82) is 0 Å². The van der Waals surface area contributed by atoms with Crippen molar-refractivity contribution in [3.63, 3.8) is 0 Å². The Balaban J connectivity index is 4.52. The molecule has 0 rings (SSSR count). The fraction of sp³-hybridized carbons (Fsp3) is 1.00. The number of hydrogen-bond acceptors (Lipinski definition) is 5. The molecule has 0 radical (unpaired) electrons. The smallest absolute Gasteiger partial charge is 0.364 e. The molecular formula is C8H16O5P2. The predicted octanol–water partition coefficient (Wildman–Crippen LogP) is 0.705. The van der Waals surface area contributed by atoms with Crippen LogP contribution in [0.3, 0.4) is 0 Å². The highest BCUT2D eigenvalue weighted by Gasteiger charge is 2.41. The van der Waals surface area contributed by atoms with Crippen LogP contribution in [0.5, 0.6) is 0 Å². The van der Waals surface area contributed by atoms with Gasteiger partial charge in [0.15, 0.2) is 0 Å². The molecule has 0 saturated heterocycles. The molecule has 0 aromatic heterocycles. The maximum atomic E-state index is 10.6. The Morgan fingerprint density at radius 1 is 1.20 bits per heavy atom. The summed E-state index contributed by atoms with van der Waals surface area (Å²) in [7, 11) is -6.10. The first kappa shape index (κ1) is 15.1. The lowest BCUT2D eigenvalue weighted by Gasteiger charge is -2.24. The second-order valence-corrected chi connectivity index (χ2v) is 7.15. The van der Waals surface area contributed by atoms with Crippen LogP contribution in [-0.2, 0) is 9.13 Å². The average Bonchev–Trinajstić information content (AvgIpc) is 1.96. The van der Waals surface area contributed by atoms with Crippen molar-refractivity contribution in [1.82, 2.24) is 0 Å². The third kappa shape index (κ3) is 6.29. The quantitative estimate of drug-likeness (QED) is 0.703. The molecule has 0 spiro atoms. The highest BCUT2D eigenvalue weighted by atomic mass is 31.2. The van der Waals surface area contributed by atoms with Crippen LogP contribution in [0.25, 0.3) is 0 Å². The van der Waals surface area contributed by atoms with Gasteiger partial charge in [0.05, 0.1) is 12.0 Å². The van der Waals surface area contributed by atoms with Gasteiger partial charge in [-0.3, -0.25) is 0 Å². The monoisotopic (exact) mass is 254 g/mol. The minimum Gasteiger partial charge on any atom is -0.592 e. The van der Waals surface area contributed by atoms with Crippen LogP contribution < -0.4 is 9.79 Å². The molecule has 88 valence electrons. The lowest BCUT2D eigenvalue weighted by molar-refractivity contribution is -0.175. The molecular weight excluding hydrogens is 238 g/mol. The van der Waals surface area contributed by atoms with E-state index in [4.69, 9.17) is 0 Å². The minimum absolute atomic E-state index is 0.176. The SMILES string of the molecule is CC(C)CC(C)(O)CC([P+](=O)[O-])[P+](=O)[O-]. The molecule has 3 atom stereocenters. The van der Waals surface area contributed by atoms with Crippen molar-refractivity contribution in [2.24, 2.45) is 5.92 Å². The zero-order valence-corrected chi connectivity index (χ0v) is 10.8. The van der Waals surface area contributed by atoms with Crippen molar-refractivity contribution in [3.8, 4) is 0 Å². The van der Waals surface area contributed by atoms with Gasteiger partial charge in [-0.05, 0) is 19.3 Å². The van der Waals surface area contributed by atoms with Crippen LogP contribution >= 0.6 is 16.1 Å². The molecule has 0 fully saturated rings. The van der Waals surface area contributed by atoms with Gasteiger partial charge in [-0.2, -0.15) is 0 Å². The van der Waals surface area contributed by atoms with Crippen molar-refractivity contribution in [2.45, 2.75) is 44.6 Å². The van der Waals surface area contributed by atoms with Crippen LogP contribution in [0.15, 0.2) is 0 Å². The molecule has 0 aliphatic rings. The van der Waals surface area contributed by atoms with Gasteiger partial charge in [0.25, 0.3) is 0 Å². The number of hydrogen-bond donors (Lipinski definition) is 1. The molecule has 0 aliphatic heterocycles. The van der Waals surface area contributed by atoms with Gasteiger partial charge in [-0.15, -0.1) is 0 Å². The van der Waals surface area contributed by atoms with E-state index in [-0.39, 0.29) is 12.3 Å². The summed E-state index contributed by atoms with van der Waals surface area (Å²) >= 11 is 0. The maximum Gasteiger partial charge on any atom is 0.364 e. The van der Waals surface area contributed by atoms with E-state index in [1.165, 1.54) is 6.92 Å². The van der Waals surface area contributed by atoms with E-state index in [1.54, 1.807) is 0 Å². The summed E-state index contributed by atoms with van der Waals surface area (Å²) in [4.78, 5) is 21.3. The highest BCUT2D eigenvalue weighted by molar-refractivity contribution is 7.56. The zero-order chi connectivity index (χ0) is 12.2. The predicted molar refractivity (Wildman–Crippen MR) is 53.7 cm³/mol. The molecule has 0 saturated carbocycles. The summed E-state index contributed by atoms with van der Waals surface area (Å²) < 4.78 is 21.3. The highest BCUT2D eigenvalue weighted by Crippen LogP contribution is 2.41. The molecule has 0 aromatic rings. The van der Waals surface area contributed by atoms with Crippen molar-refractivity contribution >= 4 is 16.1 Å². The lowest BCUT2D eigenvalue weighted by atomic mass is 9.92. The van der Waals surface area contributed by atoms with E-state index in [1.807, 2.05) is 13.8 Å². The number of aliphatic hydroxyl groups is 1. The molecule has 0 bridgehead atoms. The Kier molecular flexibility index (Phi) is 6.01. The first-order valence-corrected chi connectivity index (χ1v) is 7.14. The van der Waals surface area contributed by atoms with Crippen molar-refractivity contribution in [2.75, 3.05) is 0 Å². The normalized spacial score (nSPS) is 19.7. The van der Waals surface area contributed by atoms with Crippen LogP contribution in [0, 0.1) is 5.92 Å². The third-order valence-corrected chi connectivity index (χ3v) is 4.43. The van der Waals surface area contributed by atoms with E-state index in [9.17, 15) is 24.0 Å². The maximum absolute atomic E-state index is 10.6. The van der Waals surface area contributed by atoms with Crippen LogP contribution in [0.1, 0.15) is 33.6 Å². The van der Waals surface area contributed by atoms with Crippen molar-refractivity contribution < 1.29 is 24.0 Å². The molecule has 7 heteroatoms. The van der Waals surface area contributed by atoms with Gasteiger partial charge >= 0.3 is 21.5 Å². The Morgan fingerprint density at radius 2 is 1.60 bits per heavy atom. The summed E-state index contributed by atoms with van der Waals surface area (Å²) in [5, 5.41) is 8.35. The summed E-state index contributed by atoms with van der Waals surface area (Å²) in [6, 6.07) is 0. The molecule has 0 heterocycles. The summed E-state index contributed by atoms with van der Waals surface area (Å²) in [5.41, 5.74) is -1.26. The third-order valence-electron chi connectivity index (χ3n) is 1.96. The first-order chi connectivity index (χ1) is 6.65. The fourth-order valence-electron chi connectivity index (χ4n) is 1.58. The average molecular weight is 254 g/mol. The first-order valence-electron chi connectivity index (χ1n) is 4.65. The van der Waals surface area contributed by atoms with E-state index >= 15 is 0 Å². The minimum atomic E-state index is -3.05. The molecule has 5 nitrogen and oxygen atoms in total. The lowest BCUT2D eigenvalue weighted by Crippen LogP contribution is -2.31.